The van der Waals surface area contributed by atoms with E-state index in [1.165, 1.54) is 39.0 Å². The Balaban J connectivity index is 2.30. The second-order valence-electron chi connectivity index (χ2n) is 4.98. The van der Waals surface area contributed by atoms with Gasteiger partial charge in [0.25, 0.3) is 0 Å². The number of amides is 1. The molecule has 0 saturated heterocycles. The Hall–Kier alpha value is -0.710. The minimum absolute atomic E-state index is 0.280. The average Bonchev–Trinajstić information content (AvgIpc) is 2.34. The first-order valence-corrected chi connectivity index (χ1v) is 7.69. The normalized spacial score (nSPS) is 25.4. The third-order valence-corrected chi connectivity index (χ3v) is 5.01. The van der Waals surface area contributed by atoms with Crippen molar-refractivity contribution in [1.29, 1.82) is 0 Å². The van der Waals surface area contributed by atoms with Gasteiger partial charge in [0.05, 0.1) is 0 Å². The van der Waals surface area contributed by atoms with Crippen LogP contribution in [0, 0.1) is 5.92 Å². The summed E-state index contributed by atoms with van der Waals surface area (Å²) in [6.07, 6.45) is 6.12. The van der Waals surface area contributed by atoms with Crippen LogP contribution in [-0.4, -0.2) is 34.0 Å². The largest absolute Gasteiger partial charge is 0.480 e. The van der Waals surface area contributed by atoms with Gasteiger partial charge in [0, 0.05) is 17.9 Å². The molecule has 0 spiro atoms. The van der Waals surface area contributed by atoms with Crippen LogP contribution in [0.25, 0.3) is 0 Å². The summed E-state index contributed by atoms with van der Waals surface area (Å²) < 4.78 is 0. The van der Waals surface area contributed by atoms with Crippen molar-refractivity contribution < 1.29 is 14.7 Å². The Morgan fingerprint density at radius 2 is 1.94 bits per heavy atom. The number of aliphatic carboxylic acids is 1. The minimum atomic E-state index is -0.944. The Kier molecular flexibility index (Phi) is 6.54. The maximum absolute atomic E-state index is 11.0. The van der Waals surface area contributed by atoms with Gasteiger partial charge in [-0.1, -0.05) is 13.3 Å². The van der Waals surface area contributed by atoms with Gasteiger partial charge >= 0.3 is 5.97 Å². The summed E-state index contributed by atoms with van der Waals surface area (Å²) in [5.41, 5.74) is 0. The number of carbonyl (C=O) groups excluding carboxylic acids is 1. The molecule has 1 fully saturated rings. The molecule has 1 atom stereocenters. The van der Waals surface area contributed by atoms with Gasteiger partial charge in [0.1, 0.15) is 6.04 Å². The summed E-state index contributed by atoms with van der Waals surface area (Å²) in [6, 6.07) is -0.753. The predicted octanol–water partition coefficient (Wildman–Crippen LogP) is 2.28. The Morgan fingerprint density at radius 1 is 1.33 bits per heavy atom. The molecule has 2 N–H and O–H groups in total. The van der Waals surface area contributed by atoms with Crippen LogP contribution in [0.1, 0.15) is 46.0 Å². The summed E-state index contributed by atoms with van der Waals surface area (Å²) in [5.74, 6) is 0.0983. The molecule has 0 aliphatic heterocycles. The zero-order valence-electron chi connectivity index (χ0n) is 11.1. The Labute approximate surface area is 113 Å². The van der Waals surface area contributed by atoms with Crippen LogP contribution in [0.3, 0.4) is 0 Å². The van der Waals surface area contributed by atoms with E-state index in [0.717, 1.165) is 5.92 Å². The van der Waals surface area contributed by atoms with Crippen LogP contribution in [0.5, 0.6) is 0 Å². The average molecular weight is 273 g/mol. The van der Waals surface area contributed by atoms with Crippen molar-refractivity contribution in [3.8, 4) is 0 Å². The van der Waals surface area contributed by atoms with Crippen LogP contribution in [0.15, 0.2) is 0 Å². The third kappa shape index (κ3) is 5.29. The zero-order chi connectivity index (χ0) is 13.5. The van der Waals surface area contributed by atoms with E-state index in [0.29, 0.717) is 11.0 Å². The molecule has 4 nitrogen and oxygen atoms in total. The molecule has 0 bridgehead atoms. The molecule has 104 valence electrons. The minimum Gasteiger partial charge on any atom is -0.480 e. The number of carboxylic acids is 1. The number of hydrogen-bond donors (Lipinski definition) is 2. The van der Waals surface area contributed by atoms with Gasteiger partial charge in [-0.3, -0.25) is 4.79 Å². The van der Waals surface area contributed by atoms with Crippen molar-refractivity contribution in [2.24, 2.45) is 5.92 Å². The highest BCUT2D eigenvalue weighted by Gasteiger charge is 2.24. The fourth-order valence-corrected chi connectivity index (χ4v) is 3.66. The van der Waals surface area contributed by atoms with E-state index < -0.39 is 12.0 Å². The number of hydrogen-bond acceptors (Lipinski definition) is 3. The highest BCUT2D eigenvalue weighted by atomic mass is 32.2. The zero-order valence-corrected chi connectivity index (χ0v) is 12.0. The monoisotopic (exact) mass is 273 g/mol. The molecule has 0 aromatic heterocycles. The van der Waals surface area contributed by atoms with Crippen LogP contribution in [-0.2, 0) is 9.59 Å². The molecule has 1 rings (SSSR count). The number of carboxylic acid groups (broad SMARTS) is 1. The van der Waals surface area contributed by atoms with E-state index in [9.17, 15) is 9.59 Å². The Bertz CT molecular complexity index is 288. The third-order valence-electron chi connectivity index (χ3n) is 3.55. The van der Waals surface area contributed by atoms with Gasteiger partial charge in [-0.05, 0) is 31.6 Å². The lowest BCUT2D eigenvalue weighted by molar-refractivity contribution is -0.140. The lowest BCUT2D eigenvalue weighted by atomic mass is 9.87. The van der Waals surface area contributed by atoms with Gasteiger partial charge in [0.15, 0.2) is 0 Å². The highest BCUT2D eigenvalue weighted by molar-refractivity contribution is 7.99. The second kappa shape index (κ2) is 7.67. The fourth-order valence-electron chi connectivity index (χ4n) is 2.36. The Morgan fingerprint density at radius 3 is 2.39 bits per heavy atom. The summed E-state index contributed by atoms with van der Waals surface area (Å²) >= 11 is 1.69. The molecular weight excluding hydrogens is 250 g/mol. The molecule has 5 heteroatoms. The molecule has 1 saturated carbocycles. The molecule has 1 amide bonds. The standard InChI is InChI=1S/C13H23NO3S/c1-3-10-4-6-11(7-5-10)18-8-12(13(16)17)14-9(2)15/h10-12H,3-8H2,1-2H3,(H,14,15)(H,16,17)/t10?,11?,12-/m0/s1. The molecule has 0 aromatic rings. The molecule has 0 heterocycles. The quantitative estimate of drug-likeness (QED) is 0.779. The number of carbonyl (C=O) groups is 2. The first-order valence-electron chi connectivity index (χ1n) is 6.64. The van der Waals surface area contributed by atoms with Crippen molar-refractivity contribution in [1.82, 2.24) is 5.32 Å². The van der Waals surface area contributed by atoms with Crippen molar-refractivity contribution in [3.05, 3.63) is 0 Å². The summed E-state index contributed by atoms with van der Waals surface area (Å²) in [5, 5.41) is 12.0. The van der Waals surface area contributed by atoms with Crippen molar-refractivity contribution in [3.63, 3.8) is 0 Å². The first-order chi connectivity index (χ1) is 8.52. The fraction of sp³-hybridized carbons (Fsp3) is 0.846. The lowest BCUT2D eigenvalue weighted by Gasteiger charge is -2.28. The molecule has 1 aliphatic rings. The molecule has 18 heavy (non-hydrogen) atoms. The SMILES string of the molecule is CCC1CCC(SC[C@H](NC(C)=O)C(=O)O)CC1. The van der Waals surface area contributed by atoms with Crippen molar-refractivity contribution >= 4 is 23.6 Å². The van der Waals surface area contributed by atoms with Gasteiger partial charge < -0.3 is 10.4 Å². The summed E-state index contributed by atoms with van der Waals surface area (Å²) in [6.45, 7) is 3.59. The maximum Gasteiger partial charge on any atom is 0.327 e. The summed E-state index contributed by atoms with van der Waals surface area (Å²) in [4.78, 5) is 21.9. The van der Waals surface area contributed by atoms with Crippen LogP contribution in [0.2, 0.25) is 0 Å². The van der Waals surface area contributed by atoms with Crippen LogP contribution < -0.4 is 5.32 Å². The maximum atomic E-state index is 11.0. The van der Waals surface area contributed by atoms with E-state index in [1.807, 2.05) is 0 Å². The molecule has 0 aromatic carbocycles. The van der Waals surface area contributed by atoms with Gasteiger partial charge in [-0.25, -0.2) is 4.79 Å². The molecule has 1 aliphatic carbocycles. The first kappa shape index (κ1) is 15.3. The number of nitrogens with one attached hydrogen (secondary N) is 1. The number of rotatable bonds is 6. The lowest BCUT2D eigenvalue weighted by Crippen LogP contribution is -2.41. The number of thioether (sulfide) groups is 1. The second-order valence-corrected chi connectivity index (χ2v) is 6.31. The van der Waals surface area contributed by atoms with E-state index in [4.69, 9.17) is 5.11 Å². The van der Waals surface area contributed by atoms with Crippen LogP contribution in [0.4, 0.5) is 0 Å². The van der Waals surface area contributed by atoms with E-state index in [2.05, 4.69) is 12.2 Å². The van der Waals surface area contributed by atoms with Crippen molar-refractivity contribution in [2.45, 2.75) is 57.2 Å². The van der Waals surface area contributed by atoms with Crippen molar-refractivity contribution in [2.75, 3.05) is 5.75 Å². The van der Waals surface area contributed by atoms with E-state index in [-0.39, 0.29) is 5.91 Å². The van der Waals surface area contributed by atoms with Gasteiger partial charge in [-0.2, -0.15) is 11.8 Å². The molecular formula is C13H23NO3S. The van der Waals surface area contributed by atoms with Gasteiger partial charge in [0.2, 0.25) is 5.91 Å². The molecule has 0 unspecified atom stereocenters. The van der Waals surface area contributed by atoms with Crippen LogP contribution >= 0.6 is 11.8 Å². The van der Waals surface area contributed by atoms with Gasteiger partial charge in [-0.15, -0.1) is 0 Å². The summed E-state index contributed by atoms with van der Waals surface area (Å²) in [7, 11) is 0. The predicted molar refractivity (Wildman–Crippen MR) is 73.7 cm³/mol. The molecule has 0 radical (unpaired) electrons. The topological polar surface area (TPSA) is 66.4 Å². The smallest absolute Gasteiger partial charge is 0.327 e. The highest BCUT2D eigenvalue weighted by Crippen LogP contribution is 2.33. The van der Waals surface area contributed by atoms with E-state index in [1.54, 1.807) is 11.8 Å². The van der Waals surface area contributed by atoms with E-state index >= 15 is 0 Å².